The summed E-state index contributed by atoms with van der Waals surface area (Å²) in [7, 11) is 0. The zero-order chi connectivity index (χ0) is 13.4. The number of hydrogen-bond acceptors (Lipinski definition) is 3. The van der Waals surface area contributed by atoms with Crippen molar-refractivity contribution in [3.63, 3.8) is 0 Å². The Labute approximate surface area is 115 Å². The van der Waals surface area contributed by atoms with Gasteiger partial charge in [0.05, 0.1) is 5.69 Å². The van der Waals surface area contributed by atoms with Crippen LogP contribution in [0.25, 0.3) is 32.9 Å². The van der Waals surface area contributed by atoms with E-state index < -0.39 is 0 Å². The third-order valence-corrected chi connectivity index (χ3v) is 3.47. The van der Waals surface area contributed by atoms with Gasteiger partial charge in [0.15, 0.2) is 0 Å². The monoisotopic (exact) mass is 257 g/mol. The van der Waals surface area contributed by atoms with Crippen molar-refractivity contribution < 1.29 is 0 Å². The average Bonchev–Trinajstić information content (AvgIpc) is 2.55. The Balaban J connectivity index is 2.19. The quantitative estimate of drug-likeness (QED) is 0.486. The standard InChI is InChI=1S/C17H11N3/c1-2-5-14-12(4-1)7-8-13-9-11-18-17(16(13)14)15-6-3-10-19-20-15/h1-11H. The maximum atomic E-state index is 4.52. The molecule has 3 heteroatoms. The van der Waals surface area contributed by atoms with Crippen LogP contribution in [0.4, 0.5) is 0 Å². The zero-order valence-corrected chi connectivity index (χ0v) is 10.7. The molecule has 3 nitrogen and oxygen atoms in total. The Bertz CT molecular complexity index is 901. The van der Waals surface area contributed by atoms with Gasteiger partial charge in [0, 0.05) is 17.8 Å². The molecule has 0 saturated heterocycles. The van der Waals surface area contributed by atoms with Crippen LogP contribution in [0.3, 0.4) is 0 Å². The van der Waals surface area contributed by atoms with E-state index in [9.17, 15) is 0 Å². The summed E-state index contributed by atoms with van der Waals surface area (Å²) < 4.78 is 0. The Hall–Kier alpha value is -2.81. The molecule has 0 aliphatic carbocycles. The summed E-state index contributed by atoms with van der Waals surface area (Å²) in [6.45, 7) is 0. The first kappa shape index (κ1) is 11.1. The van der Waals surface area contributed by atoms with Crippen LogP contribution in [0.1, 0.15) is 0 Å². The molecule has 0 amide bonds. The summed E-state index contributed by atoms with van der Waals surface area (Å²) in [5, 5.41) is 12.8. The molecule has 2 aromatic heterocycles. The highest BCUT2D eigenvalue weighted by atomic mass is 15.1. The van der Waals surface area contributed by atoms with E-state index in [1.807, 2.05) is 30.5 Å². The molecule has 0 unspecified atom stereocenters. The molecular weight excluding hydrogens is 246 g/mol. The van der Waals surface area contributed by atoms with E-state index in [4.69, 9.17) is 0 Å². The molecule has 2 aromatic carbocycles. The normalized spacial score (nSPS) is 11.0. The molecule has 20 heavy (non-hydrogen) atoms. The SMILES string of the molecule is c1cnnc(-c2nccc3ccc4ccccc4c23)c1. The minimum absolute atomic E-state index is 0.800. The first-order valence-corrected chi connectivity index (χ1v) is 6.48. The molecule has 0 bridgehead atoms. The number of fused-ring (bicyclic) bond motifs is 3. The Morgan fingerprint density at radius 1 is 0.700 bits per heavy atom. The second-order valence-electron chi connectivity index (χ2n) is 4.65. The Morgan fingerprint density at radius 2 is 1.60 bits per heavy atom. The maximum Gasteiger partial charge on any atom is 0.112 e. The first-order valence-electron chi connectivity index (χ1n) is 6.48. The van der Waals surface area contributed by atoms with Gasteiger partial charge in [-0.2, -0.15) is 5.10 Å². The van der Waals surface area contributed by atoms with Crippen LogP contribution in [0.5, 0.6) is 0 Å². The fourth-order valence-corrected chi connectivity index (χ4v) is 2.57. The van der Waals surface area contributed by atoms with E-state index in [-0.39, 0.29) is 0 Å². The molecule has 0 radical (unpaired) electrons. The van der Waals surface area contributed by atoms with Gasteiger partial charge in [-0.1, -0.05) is 36.4 Å². The van der Waals surface area contributed by atoms with Crippen molar-refractivity contribution in [3.05, 3.63) is 67.0 Å². The summed E-state index contributed by atoms with van der Waals surface area (Å²) in [5.41, 5.74) is 1.68. The van der Waals surface area contributed by atoms with Crippen LogP contribution >= 0.6 is 0 Å². The number of aromatic nitrogens is 3. The van der Waals surface area contributed by atoms with Crippen LogP contribution in [-0.2, 0) is 0 Å². The van der Waals surface area contributed by atoms with Gasteiger partial charge in [0.2, 0.25) is 0 Å². The topological polar surface area (TPSA) is 38.7 Å². The van der Waals surface area contributed by atoms with Crippen LogP contribution < -0.4 is 0 Å². The lowest BCUT2D eigenvalue weighted by molar-refractivity contribution is 1.03. The zero-order valence-electron chi connectivity index (χ0n) is 10.7. The van der Waals surface area contributed by atoms with Crippen molar-refractivity contribution in [3.8, 4) is 11.4 Å². The van der Waals surface area contributed by atoms with Crippen molar-refractivity contribution in [1.82, 2.24) is 15.2 Å². The van der Waals surface area contributed by atoms with E-state index in [1.165, 1.54) is 16.2 Å². The first-order chi connectivity index (χ1) is 9.93. The molecular formula is C17H11N3. The van der Waals surface area contributed by atoms with Gasteiger partial charge in [0.25, 0.3) is 0 Å². The van der Waals surface area contributed by atoms with Crippen LogP contribution in [0, 0.1) is 0 Å². The van der Waals surface area contributed by atoms with Gasteiger partial charge in [-0.25, -0.2) is 0 Å². The summed E-state index contributed by atoms with van der Waals surface area (Å²) in [6, 6.07) is 18.5. The summed E-state index contributed by atoms with van der Waals surface area (Å²) >= 11 is 0. The Kier molecular flexibility index (Phi) is 2.42. The summed E-state index contributed by atoms with van der Waals surface area (Å²) in [4.78, 5) is 4.52. The second kappa shape index (κ2) is 4.38. The highest BCUT2D eigenvalue weighted by Crippen LogP contribution is 2.31. The van der Waals surface area contributed by atoms with E-state index >= 15 is 0 Å². The third kappa shape index (κ3) is 1.64. The van der Waals surface area contributed by atoms with Gasteiger partial charge in [-0.05, 0) is 34.4 Å². The van der Waals surface area contributed by atoms with E-state index in [2.05, 4.69) is 45.5 Å². The molecule has 0 saturated carbocycles. The van der Waals surface area contributed by atoms with Gasteiger partial charge < -0.3 is 0 Å². The fourth-order valence-electron chi connectivity index (χ4n) is 2.57. The van der Waals surface area contributed by atoms with Gasteiger partial charge in [-0.3, -0.25) is 4.98 Å². The van der Waals surface area contributed by atoms with Crippen LogP contribution in [-0.4, -0.2) is 15.2 Å². The predicted octanol–water partition coefficient (Wildman–Crippen LogP) is 3.85. The number of nitrogens with zero attached hydrogens (tertiary/aromatic N) is 3. The van der Waals surface area contributed by atoms with E-state index in [1.54, 1.807) is 6.20 Å². The van der Waals surface area contributed by atoms with Crippen molar-refractivity contribution in [1.29, 1.82) is 0 Å². The molecule has 4 aromatic rings. The second-order valence-corrected chi connectivity index (χ2v) is 4.65. The van der Waals surface area contributed by atoms with Gasteiger partial charge >= 0.3 is 0 Å². The minimum atomic E-state index is 0.800. The molecule has 0 N–H and O–H groups in total. The molecule has 94 valence electrons. The number of hydrogen-bond donors (Lipinski definition) is 0. The van der Waals surface area contributed by atoms with Crippen molar-refractivity contribution in [2.75, 3.05) is 0 Å². The van der Waals surface area contributed by atoms with E-state index in [0.717, 1.165) is 16.8 Å². The number of benzene rings is 2. The molecule has 0 atom stereocenters. The Morgan fingerprint density at radius 3 is 2.50 bits per heavy atom. The lowest BCUT2D eigenvalue weighted by Crippen LogP contribution is -1.91. The smallest absolute Gasteiger partial charge is 0.112 e. The predicted molar refractivity (Wildman–Crippen MR) is 80.3 cm³/mol. The average molecular weight is 257 g/mol. The van der Waals surface area contributed by atoms with Gasteiger partial charge in [-0.15, -0.1) is 5.10 Å². The molecule has 0 fully saturated rings. The third-order valence-electron chi connectivity index (χ3n) is 3.47. The lowest BCUT2D eigenvalue weighted by Gasteiger charge is -2.08. The highest BCUT2D eigenvalue weighted by molar-refractivity contribution is 6.12. The highest BCUT2D eigenvalue weighted by Gasteiger charge is 2.09. The van der Waals surface area contributed by atoms with E-state index in [0.29, 0.717) is 0 Å². The molecule has 4 rings (SSSR count). The lowest BCUT2D eigenvalue weighted by atomic mass is 10.00. The summed E-state index contributed by atoms with van der Waals surface area (Å²) in [5.74, 6) is 0. The van der Waals surface area contributed by atoms with Crippen LogP contribution in [0.15, 0.2) is 67.0 Å². The minimum Gasteiger partial charge on any atom is -0.254 e. The summed E-state index contributed by atoms with van der Waals surface area (Å²) in [6.07, 6.45) is 3.49. The molecule has 0 aliphatic rings. The number of rotatable bonds is 1. The molecule has 2 heterocycles. The number of pyridine rings is 1. The van der Waals surface area contributed by atoms with Crippen molar-refractivity contribution in [2.24, 2.45) is 0 Å². The molecule has 0 aliphatic heterocycles. The molecule has 0 spiro atoms. The van der Waals surface area contributed by atoms with Crippen LogP contribution in [0.2, 0.25) is 0 Å². The largest absolute Gasteiger partial charge is 0.254 e. The van der Waals surface area contributed by atoms with Crippen molar-refractivity contribution >= 4 is 21.5 Å². The maximum absolute atomic E-state index is 4.52. The van der Waals surface area contributed by atoms with Crippen molar-refractivity contribution in [2.45, 2.75) is 0 Å². The fraction of sp³-hybridized carbons (Fsp3) is 0. The van der Waals surface area contributed by atoms with Gasteiger partial charge in [0.1, 0.15) is 5.69 Å².